The van der Waals surface area contributed by atoms with E-state index < -0.39 is 0 Å². The predicted octanol–water partition coefficient (Wildman–Crippen LogP) is 6.09. The van der Waals surface area contributed by atoms with Gasteiger partial charge in [0, 0.05) is 10.8 Å². The second kappa shape index (κ2) is 13.4. The molecule has 0 aliphatic heterocycles. The van der Waals surface area contributed by atoms with E-state index in [0.717, 1.165) is 10.5 Å². The van der Waals surface area contributed by atoms with Gasteiger partial charge in [0.1, 0.15) is 0 Å². The van der Waals surface area contributed by atoms with E-state index in [1.165, 1.54) is 4.91 Å². The zero-order valence-corrected chi connectivity index (χ0v) is 12.9. The number of thioether (sulfide) groups is 1. The van der Waals surface area contributed by atoms with Crippen LogP contribution in [0.1, 0.15) is 27.7 Å². The summed E-state index contributed by atoms with van der Waals surface area (Å²) < 4.78 is 0. The number of hydrogen-bond acceptors (Lipinski definition) is 1. The van der Waals surface area contributed by atoms with Crippen LogP contribution in [0.3, 0.4) is 0 Å². The van der Waals surface area contributed by atoms with Gasteiger partial charge < -0.3 is 0 Å². The number of rotatable bonds is 6. The minimum absolute atomic E-state index is 0.526. The van der Waals surface area contributed by atoms with Gasteiger partial charge in [0.2, 0.25) is 0 Å². The van der Waals surface area contributed by atoms with E-state index in [1.54, 1.807) is 11.8 Å². The summed E-state index contributed by atoms with van der Waals surface area (Å²) in [5.41, 5.74) is 1.15. The molecule has 0 saturated carbocycles. The van der Waals surface area contributed by atoms with E-state index in [0.29, 0.717) is 5.88 Å². The van der Waals surface area contributed by atoms with Crippen LogP contribution >= 0.6 is 23.4 Å². The molecule has 0 rings (SSSR count). The van der Waals surface area contributed by atoms with Gasteiger partial charge in [0.15, 0.2) is 0 Å². The highest BCUT2D eigenvalue weighted by Gasteiger charge is 1.91. The molecule has 0 aromatic rings. The molecule has 0 amide bonds. The summed E-state index contributed by atoms with van der Waals surface area (Å²) in [6.07, 6.45) is 9.74. The van der Waals surface area contributed by atoms with Gasteiger partial charge in [-0.2, -0.15) is 0 Å². The van der Waals surface area contributed by atoms with Crippen LogP contribution in [-0.2, 0) is 0 Å². The fourth-order valence-corrected chi connectivity index (χ4v) is 1.57. The highest BCUT2D eigenvalue weighted by molar-refractivity contribution is 8.06. The third-order valence-corrected chi connectivity index (χ3v) is 2.62. The fourth-order valence-electron chi connectivity index (χ4n) is 0.768. The molecule has 0 unspecified atom stereocenters. The lowest BCUT2D eigenvalue weighted by molar-refractivity contribution is 1.50. The molecule has 0 aliphatic carbocycles. The van der Waals surface area contributed by atoms with Gasteiger partial charge in [-0.15, -0.1) is 11.6 Å². The quantitative estimate of drug-likeness (QED) is 0.416. The van der Waals surface area contributed by atoms with Crippen LogP contribution in [0.15, 0.2) is 58.9 Å². The Balaban J connectivity index is 0. The van der Waals surface area contributed by atoms with Crippen LogP contribution in [0.25, 0.3) is 0 Å². The molecule has 96 valence electrons. The average molecular weight is 271 g/mol. The van der Waals surface area contributed by atoms with Crippen molar-refractivity contribution in [1.82, 2.24) is 0 Å². The first-order chi connectivity index (χ1) is 8.10. The Morgan fingerprint density at radius 2 is 1.82 bits per heavy atom. The molecule has 0 nitrogen and oxygen atoms in total. The summed E-state index contributed by atoms with van der Waals surface area (Å²) >= 11 is 7.17. The Bertz CT molecular complexity index is 309. The van der Waals surface area contributed by atoms with Gasteiger partial charge in [-0.05, 0) is 18.8 Å². The molecular weight excluding hydrogens is 248 g/mol. The van der Waals surface area contributed by atoms with Gasteiger partial charge >= 0.3 is 0 Å². The Labute approximate surface area is 116 Å². The number of allylic oxidation sites excluding steroid dienone is 7. The molecule has 0 heterocycles. The van der Waals surface area contributed by atoms with E-state index in [1.807, 2.05) is 45.1 Å². The normalized spacial score (nSPS) is 12.1. The molecule has 0 N–H and O–H groups in total. The van der Waals surface area contributed by atoms with Crippen LogP contribution < -0.4 is 0 Å². The lowest BCUT2D eigenvalue weighted by Crippen LogP contribution is -1.71. The first-order valence-corrected chi connectivity index (χ1v) is 7.02. The first-order valence-electron chi connectivity index (χ1n) is 5.67. The fraction of sp³-hybridized carbons (Fsp3) is 0.333. The number of alkyl halides is 1. The van der Waals surface area contributed by atoms with Gasteiger partial charge in [-0.25, -0.2) is 0 Å². The maximum atomic E-state index is 5.53. The summed E-state index contributed by atoms with van der Waals surface area (Å²) in [6, 6.07) is 0. The van der Waals surface area contributed by atoms with Crippen molar-refractivity contribution in [1.29, 1.82) is 0 Å². The number of hydrogen-bond donors (Lipinski definition) is 0. The highest BCUT2D eigenvalue weighted by Crippen LogP contribution is 2.24. The Morgan fingerprint density at radius 3 is 2.29 bits per heavy atom. The van der Waals surface area contributed by atoms with Crippen molar-refractivity contribution < 1.29 is 0 Å². The minimum Gasteiger partial charge on any atom is -0.122 e. The van der Waals surface area contributed by atoms with Crippen LogP contribution in [0.5, 0.6) is 0 Å². The van der Waals surface area contributed by atoms with Gasteiger partial charge in [0.25, 0.3) is 0 Å². The molecular formula is C15H23ClS. The van der Waals surface area contributed by atoms with Crippen molar-refractivity contribution in [3.63, 3.8) is 0 Å². The second-order valence-corrected chi connectivity index (χ2v) is 4.70. The van der Waals surface area contributed by atoms with Crippen LogP contribution in [-0.4, -0.2) is 5.88 Å². The molecule has 17 heavy (non-hydrogen) atoms. The summed E-state index contributed by atoms with van der Waals surface area (Å²) in [4.78, 5) is 2.19. The SMILES string of the molecule is C=C/C(C)=C\C=C(/C)SC(=C)/C=C\CCl.CC. The molecule has 0 aromatic heterocycles. The van der Waals surface area contributed by atoms with Crippen LogP contribution in [0.2, 0.25) is 0 Å². The second-order valence-electron chi connectivity index (χ2n) is 3.02. The summed E-state index contributed by atoms with van der Waals surface area (Å²) in [7, 11) is 0. The molecule has 0 spiro atoms. The third-order valence-electron chi connectivity index (χ3n) is 1.59. The maximum Gasteiger partial charge on any atom is 0.0407 e. The minimum atomic E-state index is 0.526. The highest BCUT2D eigenvalue weighted by atomic mass is 35.5. The zero-order chi connectivity index (χ0) is 13.7. The maximum absolute atomic E-state index is 5.53. The van der Waals surface area contributed by atoms with Crippen LogP contribution in [0, 0.1) is 0 Å². The molecule has 0 aliphatic rings. The average Bonchev–Trinajstić information content (AvgIpc) is 2.35. The van der Waals surface area contributed by atoms with E-state index in [-0.39, 0.29) is 0 Å². The first kappa shape index (κ1) is 18.7. The van der Waals surface area contributed by atoms with Crippen molar-refractivity contribution in [3.05, 3.63) is 58.9 Å². The van der Waals surface area contributed by atoms with E-state index in [9.17, 15) is 0 Å². The predicted molar refractivity (Wildman–Crippen MR) is 85.7 cm³/mol. The van der Waals surface area contributed by atoms with Gasteiger partial charge in [0.05, 0.1) is 0 Å². The Kier molecular flexibility index (Phi) is 14.7. The summed E-state index contributed by atoms with van der Waals surface area (Å²) in [5.74, 6) is 0.526. The molecule has 0 fully saturated rings. The standard InChI is InChI=1S/C13H17ClS.C2H6/c1-5-11(2)8-9-13(4)15-12(3)7-6-10-14;1-2/h5-9H,1,3,10H2,2,4H3;1-2H3/b7-6-,11-8-,13-9+;. The molecule has 0 bridgehead atoms. The van der Waals surface area contributed by atoms with Crippen molar-refractivity contribution in [3.8, 4) is 0 Å². The molecule has 2 heteroatoms. The molecule has 0 atom stereocenters. The van der Waals surface area contributed by atoms with Gasteiger partial charge in [-0.3, -0.25) is 0 Å². The van der Waals surface area contributed by atoms with E-state index in [4.69, 9.17) is 11.6 Å². The number of halogens is 1. The summed E-state index contributed by atoms with van der Waals surface area (Å²) in [6.45, 7) is 15.7. The molecule has 0 aromatic carbocycles. The monoisotopic (exact) mass is 270 g/mol. The largest absolute Gasteiger partial charge is 0.122 e. The van der Waals surface area contributed by atoms with Crippen molar-refractivity contribution in [2.75, 3.05) is 5.88 Å². The summed E-state index contributed by atoms with van der Waals surface area (Å²) in [5, 5.41) is 0. The topological polar surface area (TPSA) is 0 Å². The van der Waals surface area contributed by atoms with E-state index in [2.05, 4.69) is 26.2 Å². The Morgan fingerprint density at radius 1 is 1.24 bits per heavy atom. The van der Waals surface area contributed by atoms with Crippen molar-refractivity contribution in [2.45, 2.75) is 27.7 Å². The molecule has 0 saturated heterocycles. The van der Waals surface area contributed by atoms with Crippen molar-refractivity contribution in [2.24, 2.45) is 0 Å². The van der Waals surface area contributed by atoms with Crippen molar-refractivity contribution >= 4 is 23.4 Å². The lowest BCUT2D eigenvalue weighted by atomic mass is 10.3. The third kappa shape index (κ3) is 13.3. The lowest BCUT2D eigenvalue weighted by Gasteiger charge is -1.99. The zero-order valence-electron chi connectivity index (χ0n) is 11.3. The Hall–Kier alpha value is -0.660. The van der Waals surface area contributed by atoms with E-state index >= 15 is 0 Å². The smallest absolute Gasteiger partial charge is 0.0407 e. The van der Waals surface area contributed by atoms with Crippen LogP contribution in [0.4, 0.5) is 0 Å². The van der Waals surface area contributed by atoms with Gasteiger partial charge in [-0.1, -0.05) is 74.7 Å². The molecule has 0 radical (unpaired) electrons.